The van der Waals surface area contributed by atoms with Crippen molar-refractivity contribution in [3.63, 3.8) is 0 Å². The number of amides is 2. The summed E-state index contributed by atoms with van der Waals surface area (Å²) < 4.78 is 5.76. The van der Waals surface area contributed by atoms with Crippen molar-refractivity contribution in [1.82, 2.24) is 10.2 Å². The Morgan fingerprint density at radius 2 is 2.35 bits per heavy atom. The Morgan fingerprint density at radius 1 is 1.45 bits per heavy atom. The summed E-state index contributed by atoms with van der Waals surface area (Å²) in [6.45, 7) is 2.65. The number of carbonyl (C=O) groups is 1. The molecule has 0 bridgehead atoms. The van der Waals surface area contributed by atoms with Crippen LogP contribution in [0.4, 0.5) is 4.79 Å². The third-order valence-corrected chi connectivity index (χ3v) is 4.05. The predicted octanol–water partition coefficient (Wildman–Crippen LogP) is 1.43. The van der Waals surface area contributed by atoms with Gasteiger partial charge in [-0.15, -0.1) is 0 Å². The molecule has 0 spiro atoms. The highest BCUT2D eigenvalue weighted by Crippen LogP contribution is 2.30. The van der Waals surface area contributed by atoms with Crippen LogP contribution in [0.2, 0.25) is 0 Å². The van der Waals surface area contributed by atoms with Crippen LogP contribution >= 0.6 is 0 Å². The number of hydrogen-bond acceptors (Lipinski definition) is 3. The summed E-state index contributed by atoms with van der Waals surface area (Å²) in [5.41, 5.74) is 8.66. The maximum Gasteiger partial charge on any atom is 0.317 e. The van der Waals surface area contributed by atoms with Crippen molar-refractivity contribution < 1.29 is 9.53 Å². The second-order valence-electron chi connectivity index (χ2n) is 5.43. The van der Waals surface area contributed by atoms with Gasteiger partial charge in [-0.05, 0) is 42.5 Å². The Bertz CT molecular complexity index is 504. The third kappa shape index (κ3) is 2.72. The first kappa shape index (κ1) is 13.2. The minimum atomic E-state index is 0.00464. The lowest BCUT2D eigenvalue weighted by Crippen LogP contribution is -2.31. The Morgan fingerprint density at radius 3 is 3.15 bits per heavy atom. The van der Waals surface area contributed by atoms with Crippen LogP contribution in [0.25, 0.3) is 0 Å². The average molecular weight is 275 g/mol. The molecular weight excluding hydrogens is 254 g/mol. The Kier molecular flexibility index (Phi) is 3.78. The summed E-state index contributed by atoms with van der Waals surface area (Å²) in [6, 6.07) is 6.33. The molecule has 0 radical (unpaired) electrons. The van der Waals surface area contributed by atoms with Crippen LogP contribution in [0.3, 0.4) is 0 Å². The molecule has 5 nitrogen and oxygen atoms in total. The average Bonchev–Trinajstić information content (AvgIpc) is 2.85. The number of nitrogens with two attached hydrogens (primary N) is 1. The van der Waals surface area contributed by atoms with E-state index in [4.69, 9.17) is 10.5 Å². The Balaban J connectivity index is 1.57. The molecule has 3 rings (SSSR count). The van der Waals surface area contributed by atoms with E-state index in [-0.39, 0.29) is 12.1 Å². The molecule has 1 aliphatic carbocycles. The predicted molar refractivity (Wildman–Crippen MR) is 76.8 cm³/mol. The molecule has 3 N–H and O–H groups in total. The lowest BCUT2D eigenvalue weighted by atomic mass is 9.88. The van der Waals surface area contributed by atoms with Gasteiger partial charge in [0.2, 0.25) is 0 Å². The molecule has 108 valence electrons. The first-order valence-corrected chi connectivity index (χ1v) is 7.28. The molecule has 1 saturated heterocycles. The minimum absolute atomic E-state index is 0.00464. The number of fused-ring (bicyclic) bond motifs is 1. The molecule has 0 saturated carbocycles. The molecular formula is C15H21N3O2. The second kappa shape index (κ2) is 5.71. The highest BCUT2D eigenvalue weighted by Gasteiger charge is 2.19. The summed E-state index contributed by atoms with van der Waals surface area (Å²) in [4.78, 5) is 13.2. The number of carbonyl (C=O) groups excluding carboxylic acids is 1. The van der Waals surface area contributed by atoms with E-state index in [1.54, 1.807) is 4.90 Å². The third-order valence-electron chi connectivity index (χ3n) is 4.05. The molecule has 5 heteroatoms. The molecule has 1 heterocycles. The van der Waals surface area contributed by atoms with Crippen LogP contribution in [-0.2, 0) is 6.42 Å². The summed E-state index contributed by atoms with van der Waals surface area (Å²) in [5, 5.41) is 2.78. The van der Waals surface area contributed by atoms with Gasteiger partial charge >= 0.3 is 6.03 Å². The summed E-state index contributed by atoms with van der Waals surface area (Å²) in [5.74, 6) is 0.873. The van der Waals surface area contributed by atoms with Gasteiger partial charge in [-0.25, -0.2) is 4.79 Å². The number of urea groups is 1. The summed E-state index contributed by atoms with van der Waals surface area (Å²) in [7, 11) is 0. The maximum atomic E-state index is 11.4. The van der Waals surface area contributed by atoms with Crippen LogP contribution in [0.15, 0.2) is 18.2 Å². The fourth-order valence-electron chi connectivity index (χ4n) is 2.92. The van der Waals surface area contributed by atoms with Crippen molar-refractivity contribution >= 4 is 6.03 Å². The van der Waals surface area contributed by atoms with Crippen molar-refractivity contribution in [2.24, 2.45) is 5.73 Å². The topological polar surface area (TPSA) is 67.6 Å². The summed E-state index contributed by atoms with van der Waals surface area (Å²) in [6.07, 6.45) is 3.29. The van der Waals surface area contributed by atoms with Crippen LogP contribution in [0.5, 0.6) is 5.75 Å². The molecule has 1 fully saturated rings. The number of rotatable bonds is 4. The quantitative estimate of drug-likeness (QED) is 0.873. The largest absolute Gasteiger partial charge is 0.492 e. The van der Waals surface area contributed by atoms with Crippen molar-refractivity contribution in [2.45, 2.75) is 25.3 Å². The van der Waals surface area contributed by atoms with Crippen LogP contribution < -0.4 is 15.8 Å². The molecule has 20 heavy (non-hydrogen) atoms. The monoisotopic (exact) mass is 275 g/mol. The molecule has 1 aromatic carbocycles. The van der Waals surface area contributed by atoms with Gasteiger partial charge in [0, 0.05) is 19.1 Å². The van der Waals surface area contributed by atoms with E-state index in [2.05, 4.69) is 17.4 Å². The Hall–Kier alpha value is -1.75. The molecule has 2 aliphatic rings. The van der Waals surface area contributed by atoms with Gasteiger partial charge in [0.25, 0.3) is 0 Å². The van der Waals surface area contributed by atoms with Gasteiger partial charge in [0.1, 0.15) is 12.4 Å². The summed E-state index contributed by atoms with van der Waals surface area (Å²) >= 11 is 0. The van der Waals surface area contributed by atoms with E-state index in [0.29, 0.717) is 13.2 Å². The number of hydrogen-bond donors (Lipinski definition) is 2. The van der Waals surface area contributed by atoms with Crippen molar-refractivity contribution in [3.8, 4) is 5.75 Å². The first-order chi connectivity index (χ1) is 9.74. The molecule has 1 aromatic rings. The fraction of sp³-hybridized carbons (Fsp3) is 0.533. The lowest BCUT2D eigenvalue weighted by Gasteiger charge is -2.23. The lowest BCUT2D eigenvalue weighted by molar-refractivity contribution is 0.202. The van der Waals surface area contributed by atoms with Gasteiger partial charge in [-0.3, -0.25) is 0 Å². The number of aryl methyl sites for hydroxylation is 1. The van der Waals surface area contributed by atoms with Gasteiger partial charge in [0.15, 0.2) is 0 Å². The zero-order chi connectivity index (χ0) is 13.9. The highest BCUT2D eigenvalue weighted by atomic mass is 16.5. The van der Waals surface area contributed by atoms with Crippen LogP contribution in [0, 0.1) is 0 Å². The molecule has 1 aliphatic heterocycles. The fourth-order valence-corrected chi connectivity index (χ4v) is 2.92. The molecule has 1 atom stereocenters. The molecule has 2 amide bonds. The zero-order valence-electron chi connectivity index (χ0n) is 11.6. The molecule has 1 unspecified atom stereocenters. The van der Waals surface area contributed by atoms with Gasteiger partial charge in [-0.1, -0.05) is 6.07 Å². The van der Waals surface area contributed by atoms with Gasteiger partial charge < -0.3 is 20.7 Å². The highest BCUT2D eigenvalue weighted by molar-refractivity contribution is 5.76. The van der Waals surface area contributed by atoms with E-state index in [1.807, 2.05) is 6.07 Å². The smallest absolute Gasteiger partial charge is 0.317 e. The normalized spacial score (nSPS) is 21.6. The van der Waals surface area contributed by atoms with Crippen LogP contribution in [-0.4, -0.2) is 37.2 Å². The Labute approximate surface area is 119 Å². The van der Waals surface area contributed by atoms with Crippen LogP contribution in [0.1, 0.15) is 30.0 Å². The minimum Gasteiger partial charge on any atom is -0.492 e. The van der Waals surface area contributed by atoms with E-state index in [0.717, 1.165) is 38.1 Å². The van der Waals surface area contributed by atoms with E-state index < -0.39 is 0 Å². The number of benzene rings is 1. The number of ether oxygens (including phenoxy) is 1. The SMILES string of the molecule is NC1CCCc2cc(OCCN3CCNC3=O)ccc21. The maximum absolute atomic E-state index is 11.4. The van der Waals surface area contributed by atoms with E-state index in [1.165, 1.54) is 11.1 Å². The van der Waals surface area contributed by atoms with Gasteiger partial charge in [0.05, 0.1) is 6.54 Å². The standard InChI is InChI=1S/C15H21N3O2/c16-14-3-1-2-11-10-12(4-5-13(11)14)20-9-8-18-7-6-17-15(18)19/h4-5,10,14H,1-3,6-9,16H2,(H,17,19). The van der Waals surface area contributed by atoms with Gasteiger partial charge in [-0.2, -0.15) is 0 Å². The first-order valence-electron chi connectivity index (χ1n) is 7.28. The number of nitrogens with zero attached hydrogens (tertiary/aromatic N) is 1. The number of nitrogens with one attached hydrogen (secondary N) is 1. The van der Waals surface area contributed by atoms with Crippen molar-refractivity contribution in [2.75, 3.05) is 26.2 Å². The second-order valence-corrected chi connectivity index (χ2v) is 5.43. The van der Waals surface area contributed by atoms with Crippen molar-refractivity contribution in [1.29, 1.82) is 0 Å². The van der Waals surface area contributed by atoms with E-state index >= 15 is 0 Å². The molecule has 0 aromatic heterocycles. The van der Waals surface area contributed by atoms with Crippen molar-refractivity contribution in [3.05, 3.63) is 29.3 Å². The van der Waals surface area contributed by atoms with E-state index in [9.17, 15) is 4.79 Å². The zero-order valence-corrected chi connectivity index (χ0v) is 11.6.